The Bertz CT molecular complexity index is 1020. The van der Waals surface area contributed by atoms with Gasteiger partial charge in [0, 0.05) is 36.0 Å². The fourth-order valence-electron chi connectivity index (χ4n) is 2.50. The number of rotatable bonds is 8. The van der Waals surface area contributed by atoms with Crippen LogP contribution >= 0.6 is 11.8 Å². The third-order valence-electron chi connectivity index (χ3n) is 3.91. The highest BCUT2D eigenvalue weighted by Gasteiger charge is 2.25. The van der Waals surface area contributed by atoms with Crippen molar-refractivity contribution < 1.29 is 28.2 Å². The molecule has 0 bridgehead atoms. The highest BCUT2D eigenvalue weighted by Crippen LogP contribution is 2.26. The Morgan fingerprint density at radius 3 is 2.24 bits per heavy atom. The number of nitrogens with zero attached hydrogens (tertiary/aromatic N) is 1. The van der Waals surface area contributed by atoms with E-state index in [1.54, 1.807) is 49.6 Å². The molecule has 2 aromatic carbocycles. The van der Waals surface area contributed by atoms with Crippen molar-refractivity contribution in [3.8, 4) is 22.9 Å². The smallest absolute Gasteiger partial charge is 0.442 e. The number of ether oxygens (including phenoxy) is 3. The van der Waals surface area contributed by atoms with Crippen molar-refractivity contribution in [1.29, 1.82) is 0 Å². The van der Waals surface area contributed by atoms with Gasteiger partial charge >= 0.3 is 10.7 Å². The van der Waals surface area contributed by atoms with E-state index < -0.39 is 5.63 Å². The molecular formula is C19H20N3O6S+. The monoisotopic (exact) mass is 418 g/mol. The summed E-state index contributed by atoms with van der Waals surface area (Å²) in [6.07, 6.45) is 0. The molecule has 1 aromatic heterocycles. The Hall–Kier alpha value is -3.40. The number of amides is 1. The number of methoxy groups -OCH3 is 3. The van der Waals surface area contributed by atoms with Crippen LogP contribution in [0.3, 0.4) is 0 Å². The Morgan fingerprint density at radius 2 is 1.66 bits per heavy atom. The van der Waals surface area contributed by atoms with Gasteiger partial charge in [-0.3, -0.25) is 9.32 Å². The molecule has 0 spiro atoms. The molecule has 2 N–H and O–H groups in total. The number of nitrogens with one attached hydrogen (secondary N) is 2. The predicted molar refractivity (Wildman–Crippen MR) is 106 cm³/mol. The third-order valence-corrected chi connectivity index (χ3v) is 4.94. The first-order valence-corrected chi connectivity index (χ1v) is 9.46. The molecule has 1 heterocycles. The second-order valence-corrected chi connectivity index (χ2v) is 6.72. The van der Waals surface area contributed by atoms with Crippen LogP contribution in [0.2, 0.25) is 0 Å². The molecule has 10 heteroatoms. The lowest BCUT2D eigenvalue weighted by Gasteiger charge is -2.09. The molecule has 0 fully saturated rings. The lowest BCUT2D eigenvalue weighted by atomic mass is 10.2. The summed E-state index contributed by atoms with van der Waals surface area (Å²) in [7, 11) is 4.62. The molecule has 0 aliphatic rings. The molecule has 29 heavy (non-hydrogen) atoms. The van der Waals surface area contributed by atoms with Gasteiger partial charge in [0.05, 0.1) is 27.1 Å². The summed E-state index contributed by atoms with van der Waals surface area (Å²) < 4.78 is 21.9. The van der Waals surface area contributed by atoms with Gasteiger partial charge < -0.3 is 19.5 Å². The van der Waals surface area contributed by atoms with Gasteiger partial charge in [0.2, 0.25) is 11.6 Å². The van der Waals surface area contributed by atoms with Gasteiger partial charge in [0.1, 0.15) is 17.2 Å². The van der Waals surface area contributed by atoms with Crippen LogP contribution in [0.1, 0.15) is 0 Å². The highest BCUT2D eigenvalue weighted by molar-refractivity contribution is 7.99. The molecule has 152 valence electrons. The van der Waals surface area contributed by atoms with E-state index in [-0.39, 0.29) is 16.7 Å². The van der Waals surface area contributed by atoms with E-state index in [0.717, 1.165) is 11.8 Å². The number of hydrogen-bond acceptors (Lipinski definition) is 7. The molecular weight excluding hydrogens is 398 g/mol. The summed E-state index contributed by atoms with van der Waals surface area (Å²) >= 11 is 1.05. The molecule has 0 atom stereocenters. The van der Waals surface area contributed by atoms with Crippen molar-refractivity contribution in [1.82, 2.24) is 5.27 Å². The summed E-state index contributed by atoms with van der Waals surface area (Å²) in [5.41, 5.74) is 0.620. The van der Waals surface area contributed by atoms with Crippen LogP contribution in [0, 0.1) is 0 Å². The third kappa shape index (κ3) is 4.91. The molecule has 0 radical (unpaired) electrons. The number of aromatic amines is 1. The molecule has 0 aliphatic carbocycles. The number of carbonyl (C=O) groups is 1. The topological polar surface area (TPSA) is 107 Å². The maximum atomic E-state index is 12.4. The standard InChI is InChI=1S/C19H19N3O6S/c1-25-14-6-4-13(5-7-14)22-18(19(24)28-21-22)29-11-17(23)20-12-8-15(26-2)10-16(9-12)27-3/h4-10H,11H2,1-3H3,(H-,20,21,23,24)/p+1. The van der Waals surface area contributed by atoms with E-state index in [0.29, 0.717) is 28.6 Å². The first-order chi connectivity index (χ1) is 14.0. The largest absolute Gasteiger partial charge is 0.497 e. The minimum atomic E-state index is -0.568. The fourth-order valence-corrected chi connectivity index (χ4v) is 3.27. The molecule has 0 aliphatic heterocycles. The van der Waals surface area contributed by atoms with E-state index in [1.807, 2.05) is 0 Å². The van der Waals surface area contributed by atoms with Crippen LogP contribution in [0.4, 0.5) is 5.69 Å². The Kier molecular flexibility index (Phi) is 6.45. The summed E-state index contributed by atoms with van der Waals surface area (Å²) in [4.78, 5) is 24.4. The van der Waals surface area contributed by atoms with Crippen LogP contribution in [0.5, 0.6) is 17.2 Å². The first-order valence-electron chi connectivity index (χ1n) is 8.47. The van der Waals surface area contributed by atoms with Crippen molar-refractivity contribution in [3.05, 3.63) is 52.9 Å². The molecule has 3 aromatic rings. The summed E-state index contributed by atoms with van der Waals surface area (Å²) in [6, 6.07) is 12.1. The predicted octanol–water partition coefficient (Wildman–Crippen LogP) is 2.00. The first kappa shape index (κ1) is 20.3. The Labute approximate surface area is 170 Å². The van der Waals surface area contributed by atoms with Gasteiger partial charge in [-0.05, 0) is 33.8 Å². The van der Waals surface area contributed by atoms with Crippen LogP contribution < -0.4 is 29.8 Å². The van der Waals surface area contributed by atoms with Gasteiger partial charge in [-0.2, -0.15) is 0 Å². The van der Waals surface area contributed by atoms with Crippen molar-refractivity contribution in [2.24, 2.45) is 0 Å². The van der Waals surface area contributed by atoms with E-state index in [1.165, 1.54) is 18.9 Å². The Morgan fingerprint density at radius 1 is 1.03 bits per heavy atom. The SMILES string of the molecule is COc1ccc(-[n+]2[nH]oc(=O)c2SCC(=O)Nc2cc(OC)cc(OC)c2)cc1. The molecule has 9 nitrogen and oxygen atoms in total. The zero-order valence-electron chi connectivity index (χ0n) is 16.1. The van der Waals surface area contributed by atoms with Gasteiger partial charge in [-0.15, -0.1) is 0 Å². The van der Waals surface area contributed by atoms with E-state index in [4.69, 9.17) is 18.7 Å². The van der Waals surface area contributed by atoms with Crippen LogP contribution in [0.15, 0.2) is 56.8 Å². The second-order valence-electron chi connectivity index (χ2n) is 5.76. The van der Waals surface area contributed by atoms with E-state index >= 15 is 0 Å². The molecule has 3 rings (SSSR count). The average molecular weight is 418 g/mol. The minimum Gasteiger partial charge on any atom is -0.497 e. The molecule has 0 unspecified atom stereocenters. The van der Waals surface area contributed by atoms with E-state index in [2.05, 4.69) is 10.6 Å². The second kappa shape index (κ2) is 9.20. The molecule has 1 amide bonds. The van der Waals surface area contributed by atoms with E-state index in [9.17, 15) is 9.59 Å². The lowest BCUT2D eigenvalue weighted by molar-refractivity contribution is -0.704. The van der Waals surface area contributed by atoms with Gasteiger partial charge in [-0.25, -0.2) is 4.79 Å². The van der Waals surface area contributed by atoms with Crippen molar-refractivity contribution in [2.45, 2.75) is 5.03 Å². The van der Waals surface area contributed by atoms with Gasteiger partial charge in [0.25, 0.3) is 0 Å². The average Bonchev–Trinajstić information content (AvgIpc) is 3.12. The fraction of sp³-hybridized carbons (Fsp3) is 0.211. The normalized spacial score (nSPS) is 10.4. The maximum absolute atomic E-state index is 12.4. The summed E-state index contributed by atoms with van der Waals surface area (Å²) in [6.45, 7) is 0. The minimum absolute atomic E-state index is 0.00169. The van der Waals surface area contributed by atoms with Crippen LogP contribution in [0.25, 0.3) is 5.69 Å². The molecule has 0 saturated heterocycles. The van der Waals surface area contributed by atoms with Crippen molar-refractivity contribution in [3.63, 3.8) is 0 Å². The quantitative estimate of drug-likeness (QED) is 0.426. The van der Waals surface area contributed by atoms with Gasteiger partial charge in [-0.1, -0.05) is 0 Å². The maximum Gasteiger partial charge on any atom is 0.442 e. The number of thioether (sulfide) groups is 1. The van der Waals surface area contributed by atoms with Crippen molar-refractivity contribution in [2.75, 3.05) is 32.4 Å². The number of hydrogen-bond donors (Lipinski definition) is 2. The summed E-state index contributed by atoms with van der Waals surface area (Å²) in [5, 5.41) is 5.54. The zero-order chi connectivity index (χ0) is 20.8. The number of anilines is 1. The Balaban J connectivity index is 1.71. The highest BCUT2D eigenvalue weighted by atomic mass is 32.2. The van der Waals surface area contributed by atoms with Crippen LogP contribution in [-0.2, 0) is 4.79 Å². The van der Waals surface area contributed by atoms with Crippen molar-refractivity contribution >= 4 is 23.4 Å². The van der Waals surface area contributed by atoms with Crippen LogP contribution in [-0.4, -0.2) is 38.3 Å². The lowest BCUT2D eigenvalue weighted by Crippen LogP contribution is -2.36. The van der Waals surface area contributed by atoms with Gasteiger partial charge in [0.15, 0.2) is 0 Å². The molecule has 0 saturated carbocycles. The zero-order valence-corrected chi connectivity index (χ0v) is 16.9. The number of H-pyrrole nitrogens is 1. The number of aromatic nitrogens is 2. The number of benzene rings is 2. The number of carbonyl (C=O) groups excluding carboxylic acids is 1. The summed E-state index contributed by atoms with van der Waals surface area (Å²) in [5.74, 6) is 1.49.